The first kappa shape index (κ1) is 16.4. The summed E-state index contributed by atoms with van der Waals surface area (Å²) in [6.45, 7) is 0. The van der Waals surface area contributed by atoms with Crippen LogP contribution in [0.15, 0.2) is 53.4 Å². The SMILES string of the molecule is O=C(Nc1ccccc1SCC(F)(F)F)c1ccccc1F. The number of halogens is 4. The molecule has 2 aromatic rings. The molecule has 0 aliphatic heterocycles. The molecule has 0 saturated carbocycles. The lowest BCUT2D eigenvalue weighted by Crippen LogP contribution is -2.15. The minimum atomic E-state index is -4.31. The average Bonchev–Trinajstić information content (AvgIpc) is 2.46. The van der Waals surface area contributed by atoms with E-state index in [9.17, 15) is 22.4 Å². The van der Waals surface area contributed by atoms with Gasteiger partial charge in [0.2, 0.25) is 0 Å². The summed E-state index contributed by atoms with van der Waals surface area (Å²) >= 11 is 0.562. The van der Waals surface area contributed by atoms with Gasteiger partial charge in [0.05, 0.1) is 17.0 Å². The van der Waals surface area contributed by atoms with Gasteiger partial charge in [-0.05, 0) is 24.3 Å². The van der Waals surface area contributed by atoms with E-state index in [0.29, 0.717) is 11.8 Å². The molecule has 0 atom stereocenters. The third-order valence-corrected chi connectivity index (χ3v) is 3.78. The second kappa shape index (κ2) is 6.83. The van der Waals surface area contributed by atoms with Crippen molar-refractivity contribution in [3.63, 3.8) is 0 Å². The third-order valence-electron chi connectivity index (χ3n) is 2.65. The lowest BCUT2D eigenvalue weighted by molar-refractivity contribution is -0.105. The van der Waals surface area contributed by atoms with Crippen molar-refractivity contribution in [2.75, 3.05) is 11.1 Å². The summed E-state index contributed by atoms with van der Waals surface area (Å²) in [7, 11) is 0. The zero-order chi connectivity index (χ0) is 16.2. The molecular formula is C15H11F4NOS. The highest BCUT2D eigenvalue weighted by molar-refractivity contribution is 7.99. The van der Waals surface area contributed by atoms with Crippen molar-refractivity contribution in [1.29, 1.82) is 0 Å². The molecule has 0 unspecified atom stereocenters. The molecular weight excluding hydrogens is 318 g/mol. The molecule has 0 bridgehead atoms. The number of hydrogen-bond donors (Lipinski definition) is 1. The van der Waals surface area contributed by atoms with E-state index in [0.717, 1.165) is 6.07 Å². The van der Waals surface area contributed by atoms with Crippen molar-refractivity contribution in [3.05, 3.63) is 59.9 Å². The molecule has 2 nitrogen and oxygen atoms in total. The Labute approximate surface area is 128 Å². The maximum atomic E-state index is 13.5. The standard InChI is InChI=1S/C15H11F4NOS/c16-11-6-2-1-5-10(11)14(21)20-12-7-3-4-8-13(12)22-9-15(17,18)19/h1-8H,9H2,(H,20,21). The number of para-hydroxylation sites is 1. The molecule has 0 aliphatic carbocycles. The second-order valence-electron chi connectivity index (χ2n) is 4.33. The molecule has 22 heavy (non-hydrogen) atoms. The van der Waals surface area contributed by atoms with E-state index in [2.05, 4.69) is 5.32 Å². The van der Waals surface area contributed by atoms with Gasteiger partial charge in [-0.25, -0.2) is 4.39 Å². The number of hydrogen-bond acceptors (Lipinski definition) is 2. The largest absolute Gasteiger partial charge is 0.398 e. The Balaban J connectivity index is 2.16. The highest BCUT2D eigenvalue weighted by Gasteiger charge is 2.27. The maximum absolute atomic E-state index is 13.5. The molecule has 0 aliphatic rings. The first-order valence-electron chi connectivity index (χ1n) is 6.21. The Morgan fingerprint density at radius 3 is 2.36 bits per heavy atom. The van der Waals surface area contributed by atoms with Crippen molar-refractivity contribution in [1.82, 2.24) is 0 Å². The van der Waals surface area contributed by atoms with Crippen molar-refractivity contribution < 1.29 is 22.4 Å². The van der Waals surface area contributed by atoms with Crippen molar-refractivity contribution in [2.45, 2.75) is 11.1 Å². The number of alkyl halides is 3. The fraction of sp³-hybridized carbons (Fsp3) is 0.133. The van der Waals surface area contributed by atoms with E-state index in [1.54, 1.807) is 12.1 Å². The normalized spacial score (nSPS) is 11.3. The Kier molecular flexibility index (Phi) is 5.07. The lowest BCUT2D eigenvalue weighted by Gasteiger charge is -2.12. The van der Waals surface area contributed by atoms with Crippen LogP contribution in [0.1, 0.15) is 10.4 Å². The Bertz CT molecular complexity index is 673. The minimum absolute atomic E-state index is 0.168. The van der Waals surface area contributed by atoms with Crippen LogP contribution in [0.2, 0.25) is 0 Å². The predicted molar refractivity (Wildman–Crippen MR) is 77.6 cm³/mol. The summed E-state index contributed by atoms with van der Waals surface area (Å²) in [5.41, 5.74) is 0.0446. The lowest BCUT2D eigenvalue weighted by atomic mass is 10.2. The van der Waals surface area contributed by atoms with Gasteiger partial charge in [0.15, 0.2) is 0 Å². The molecule has 0 heterocycles. The molecule has 0 saturated heterocycles. The Morgan fingerprint density at radius 2 is 1.68 bits per heavy atom. The average molecular weight is 329 g/mol. The fourth-order valence-corrected chi connectivity index (χ4v) is 2.46. The van der Waals surface area contributed by atoms with Gasteiger partial charge in [0, 0.05) is 4.90 Å². The Hall–Kier alpha value is -2.02. The van der Waals surface area contributed by atoms with Crippen LogP contribution < -0.4 is 5.32 Å². The van der Waals surface area contributed by atoms with Crippen LogP contribution >= 0.6 is 11.8 Å². The molecule has 0 spiro atoms. The van der Waals surface area contributed by atoms with E-state index in [4.69, 9.17) is 0 Å². The molecule has 2 rings (SSSR count). The van der Waals surface area contributed by atoms with Crippen LogP contribution in [0.3, 0.4) is 0 Å². The molecule has 0 radical (unpaired) electrons. The van der Waals surface area contributed by atoms with E-state index >= 15 is 0 Å². The highest BCUT2D eigenvalue weighted by Crippen LogP contribution is 2.32. The van der Waals surface area contributed by atoms with E-state index in [1.165, 1.54) is 30.3 Å². The van der Waals surface area contributed by atoms with Crippen LogP contribution in [-0.2, 0) is 0 Å². The third kappa shape index (κ3) is 4.49. The summed E-state index contributed by atoms with van der Waals surface area (Å²) < 4.78 is 50.4. The van der Waals surface area contributed by atoms with Crippen LogP contribution in [0.25, 0.3) is 0 Å². The highest BCUT2D eigenvalue weighted by atomic mass is 32.2. The zero-order valence-electron chi connectivity index (χ0n) is 11.2. The van der Waals surface area contributed by atoms with Crippen LogP contribution in [0.5, 0.6) is 0 Å². The molecule has 116 valence electrons. The van der Waals surface area contributed by atoms with Crippen LogP contribution in [0, 0.1) is 5.82 Å². The summed E-state index contributed by atoms with van der Waals surface area (Å²) in [5, 5.41) is 2.44. The van der Waals surface area contributed by atoms with Crippen LogP contribution in [0.4, 0.5) is 23.2 Å². The summed E-state index contributed by atoms with van der Waals surface area (Å²) in [5.74, 6) is -2.47. The van der Waals surface area contributed by atoms with E-state index in [-0.39, 0.29) is 16.1 Å². The van der Waals surface area contributed by atoms with Gasteiger partial charge in [-0.1, -0.05) is 24.3 Å². The van der Waals surface area contributed by atoms with Gasteiger partial charge in [-0.3, -0.25) is 4.79 Å². The van der Waals surface area contributed by atoms with Crippen molar-refractivity contribution in [2.24, 2.45) is 0 Å². The number of benzene rings is 2. The van der Waals surface area contributed by atoms with Gasteiger partial charge in [0.1, 0.15) is 5.82 Å². The summed E-state index contributed by atoms with van der Waals surface area (Å²) in [6.07, 6.45) is -4.31. The summed E-state index contributed by atoms with van der Waals surface area (Å²) in [6, 6.07) is 11.5. The molecule has 7 heteroatoms. The topological polar surface area (TPSA) is 29.1 Å². The van der Waals surface area contributed by atoms with E-state index in [1.807, 2.05) is 0 Å². The number of amides is 1. The first-order valence-corrected chi connectivity index (χ1v) is 7.20. The van der Waals surface area contributed by atoms with E-state index < -0.39 is 23.7 Å². The molecule has 1 amide bonds. The number of rotatable bonds is 4. The first-order chi connectivity index (χ1) is 10.4. The molecule has 0 fully saturated rings. The van der Waals surface area contributed by atoms with Crippen LogP contribution in [-0.4, -0.2) is 17.8 Å². The number of carbonyl (C=O) groups is 1. The quantitative estimate of drug-likeness (QED) is 0.649. The van der Waals surface area contributed by atoms with Crippen molar-refractivity contribution in [3.8, 4) is 0 Å². The fourth-order valence-electron chi connectivity index (χ4n) is 1.69. The maximum Gasteiger partial charge on any atom is 0.398 e. The number of anilines is 1. The predicted octanol–water partition coefficient (Wildman–Crippen LogP) is 4.73. The molecule has 1 N–H and O–H groups in total. The van der Waals surface area contributed by atoms with Gasteiger partial charge < -0.3 is 5.32 Å². The number of thioether (sulfide) groups is 1. The van der Waals surface area contributed by atoms with Crippen molar-refractivity contribution >= 4 is 23.4 Å². The smallest absolute Gasteiger partial charge is 0.321 e. The van der Waals surface area contributed by atoms with Gasteiger partial charge in [-0.15, -0.1) is 11.8 Å². The van der Waals surface area contributed by atoms with Gasteiger partial charge >= 0.3 is 6.18 Å². The van der Waals surface area contributed by atoms with Gasteiger partial charge in [-0.2, -0.15) is 13.2 Å². The number of nitrogens with one attached hydrogen (secondary N) is 1. The molecule has 0 aromatic heterocycles. The van der Waals surface area contributed by atoms with Gasteiger partial charge in [0.25, 0.3) is 5.91 Å². The minimum Gasteiger partial charge on any atom is -0.321 e. The summed E-state index contributed by atoms with van der Waals surface area (Å²) in [4.78, 5) is 12.3. The number of carbonyl (C=O) groups excluding carboxylic acids is 1. The Morgan fingerprint density at radius 1 is 1.05 bits per heavy atom. The second-order valence-corrected chi connectivity index (χ2v) is 5.35. The zero-order valence-corrected chi connectivity index (χ0v) is 12.0. The monoisotopic (exact) mass is 329 g/mol. The molecule has 2 aromatic carbocycles.